The summed E-state index contributed by atoms with van der Waals surface area (Å²) in [4.78, 5) is 61.7. The number of nitrogens with one attached hydrogen (secondary N) is 1. The summed E-state index contributed by atoms with van der Waals surface area (Å²) in [5, 5.41) is 19.6. The highest BCUT2D eigenvalue weighted by Gasteiger charge is 2.31. The van der Waals surface area contributed by atoms with Gasteiger partial charge in [0.05, 0.1) is 23.8 Å². The molecule has 0 spiro atoms. The van der Waals surface area contributed by atoms with Crippen LogP contribution >= 0.6 is 11.8 Å². The zero-order valence-corrected chi connectivity index (χ0v) is 19.6. The number of primary amides is 1. The molecule has 184 valence electrons. The van der Waals surface area contributed by atoms with Crippen LogP contribution in [0, 0.1) is 0 Å². The second kappa shape index (κ2) is 11.2. The number of carbonyl (C=O) groups excluding carboxylic acids is 3. The van der Waals surface area contributed by atoms with Gasteiger partial charge < -0.3 is 26.0 Å². The molecule has 3 aromatic rings. The molecule has 0 fully saturated rings. The molecule has 1 unspecified atom stereocenters. The van der Waals surface area contributed by atoms with Crippen LogP contribution in [-0.4, -0.2) is 52.1 Å². The van der Waals surface area contributed by atoms with E-state index in [2.05, 4.69) is 5.32 Å². The van der Waals surface area contributed by atoms with Crippen LogP contribution in [0.25, 0.3) is 0 Å². The fourth-order valence-electron chi connectivity index (χ4n) is 3.19. The van der Waals surface area contributed by atoms with Crippen molar-refractivity contribution >= 4 is 47.0 Å². The lowest BCUT2D eigenvalue weighted by molar-refractivity contribution is -0.115. The van der Waals surface area contributed by atoms with Gasteiger partial charge in [-0.05, 0) is 54.6 Å². The van der Waals surface area contributed by atoms with Gasteiger partial charge in [-0.3, -0.25) is 14.4 Å². The summed E-state index contributed by atoms with van der Waals surface area (Å²) in [7, 11) is 1.46. The largest absolute Gasteiger partial charge is 0.497 e. The Bertz CT molecular complexity index is 1320. The molecule has 0 saturated carbocycles. The summed E-state index contributed by atoms with van der Waals surface area (Å²) in [5.41, 5.74) is 4.85. The zero-order valence-electron chi connectivity index (χ0n) is 18.8. The molecule has 11 heteroatoms. The van der Waals surface area contributed by atoms with Crippen molar-refractivity contribution < 1.29 is 38.9 Å². The third kappa shape index (κ3) is 6.07. The monoisotopic (exact) mass is 508 g/mol. The van der Waals surface area contributed by atoms with Gasteiger partial charge in [-0.2, -0.15) is 0 Å². The third-order valence-corrected chi connectivity index (χ3v) is 6.22. The lowest BCUT2D eigenvalue weighted by Gasteiger charge is -2.18. The van der Waals surface area contributed by atoms with Crippen molar-refractivity contribution in [3.05, 3.63) is 89.0 Å². The number of Topliss-reactive ketones (excluding diaryl/α,β-unsaturated/α-hetero) is 1. The minimum absolute atomic E-state index is 0.101. The Kier molecular flexibility index (Phi) is 8.07. The van der Waals surface area contributed by atoms with E-state index in [4.69, 9.17) is 10.5 Å². The number of anilines is 1. The molecule has 0 aliphatic rings. The van der Waals surface area contributed by atoms with Crippen LogP contribution in [0.1, 0.15) is 41.4 Å². The van der Waals surface area contributed by atoms with Crippen molar-refractivity contribution in [1.82, 2.24) is 0 Å². The standard InChI is InChI=1S/C25H20N2O8S/c1-35-17-8-6-13(7-9-17)20(28)21(36-19-5-3-2-4-18(19)22(26)29)23(30)27-16-11-14(24(31)32)10-15(12-16)25(33)34/h2-12,21H,1H3,(H2,26,29)(H,27,30)(H,31,32)(H,33,34). The van der Waals surface area contributed by atoms with Crippen LogP contribution in [0.5, 0.6) is 5.75 Å². The number of thioether (sulfide) groups is 1. The quantitative estimate of drug-likeness (QED) is 0.182. The molecule has 10 nitrogen and oxygen atoms in total. The summed E-state index contributed by atoms with van der Waals surface area (Å²) < 4.78 is 5.09. The predicted octanol–water partition coefficient (Wildman–Crippen LogP) is 3.17. The molecule has 1 atom stereocenters. The van der Waals surface area contributed by atoms with E-state index in [0.29, 0.717) is 5.75 Å². The number of carboxylic acid groups (broad SMARTS) is 2. The molecule has 0 heterocycles. The molecule has 36 heavy (non-hydrogen) atoms. The Hall–Kier alpha value is -4.64. The zero-order chi connectivity index (χ0) is 26.4. The van der Waals surface area contributed by atoms with Gasteiger partial charge in [0.1, 0.15) is 5.75 Å². The van der Waals surface area contributed by atoms with E-state index in [0.717, 1.165) is 30.0 Å². The number of aromatic carboxylic acids is 2. The Morgan fingerprint density at radius 1 is 0.861 bits per heavy atom. The Labute approximate surface area is 209 Å². The highest BCUT2D eigenvalue weighted by molar-refractivity contribution is 8.01. The van der Waals surface area contributed by atoms with Crippen molar-refractivity contribution in [3.8, 4) is 5.75 Å². The minimum Gasteiger partial charge on any atom is -0.497 e. The number of ketones is 1. The first-order valence-corrected chi connectivity index (χ1v) is 11.1. The number of ether oxygens (including phenoxy) is 1. The highest BCUT2D eigenvalue weighted by atomic mass is 32.2. The van der Waals surface area contributed by atoms with Gasteiger partial charge in [0.15, 0.2) is 11.0 Å². The van der Waals surface area contributed by atoms with Crippen LogP contribution < -0.4 is 15.8 Å². The van der Waals surface area contributed by atoms with Crippen LogP contribution in [0.15, 0.2) is 71.6 Å². The van der Waals surface area contributed by atoms with Crippen molar-refractivity contribution in [1.29, 1.82) is 0 Å². The van der Waals surface area contributed by atoms with Crippen LogP contribution in [0.2, 0.25) is 0 Å². The highest BCUT2D eigenvalue weighted by Crippen LogP contribution is 2.30. The van der Waals surface area contributed by atoms with Crippen LogP contribution in [0.4, 0.5) is 5.69 Å². The predicted molar refractivity (Wildman–Crippen MR) is 131 cm³/mol. The van der Waals surface area contributed by atoms with E-state index in [9.17, 15) is 34.2 Å². The summed E-state index contributed by atoms with van der Waals surface area (Å²) in [6.07, 6.45) is 0. The Morgan fingerprint density at radius 3 is 1.97 bits per heavy atom. The second-order valence-electron chi connectivity index (χ2n) is 7.35. The first-order valence-electron chi connectivity index (χ1n) is 10.3. The maximum absolute atomic E-state index is 13.4. The molecule has 0 aliphatic carbocycles. The fraction of sp³-hybridized carbons (Fsp3) is 0.0800. The van der Waals surface area contributed by atoms with Gasteiger partial charge in [-0.15, -0.1) is 11.8 Å². The molecular weight excluding hydrogens is 488 g/mol. The van der Waals surface area contributed by atoms with Gasteiger partial charge in [0.2, 0.25) is 11.8 Å². The normalized spacial score (nSPS) is 11.2. The summed E-state index contributed by atoms with van der Waals surface area (Å²) >= 11 is 0.779. The summed E-state index contributed by atoms with van der Waals surface area (Å²) in [6, 6.07) is 15.3. The molecule has 0 aromatic heterocycles. The van der Waals surface area contributed by atoms with E-state index in [1.807, 2.05) is 0 Å². The first-order chi connectivity index (χ1) is 17.1. The van der Waals surface area contributed by atoms with E-state index in [1.165, 1.54) is 31.4 Å². The summed E-state index contributed by atoms with van der Waals surface area (Å²) in [6.45, 7) is 0. The van der Waals surface area contributed by atoms with Gasteiger partial charge >= 0.3 is 11.9 Å². The smallest absolute Gasteiger partial charge is 0.335 e. The first kappa shape index (κ1) is 26.0. The lowest BCUT2D eigenvalue weighted by atomic mass is 10.1. The maximum Gasteiger partial charge on any atom is 0.335 e. The molecule has 3 rings (SSSR count). The number of carbonyl (C=O) groups is 5. The number of hydrogen-bond acceptors (Lipinski definition) is 7. The van der Waals surface area contributed by atoms with Crippen LogP contribution in [0.3, 0.4) is 0 Å². The number of methoxy groups -OCH3 is 1. The number of nitrogens with two attached hydrogens (primary N) is 1. The maximum atomic E-state index is 13.4. The molecule has 3 aromatic carbocycles. The van der Waals surface area contributed by atoms with Crippen molar-refractivity contribution in [2.24, 2.45) is 5.73 Å². The van der Waals surface area contributed by atoms with Crippen LogP contribution in [-0.2, 0) is 4.79 Å². The SMILES string of the molecule is COc1ccc(C(=O)C(Sc2ccccc2C(N)=O)C(=O)Nc2cc(C(=O)O)cc(C(=O)O)c2)cc1. The number of rotatable bonds is 10. The molecule has 5 N–H and O–H groups in total. The Morgan fingerprint density at radius 2 is 1.44 bits per heavy atom. The average Bonchev–Trinajstić information content (AvgIpc) is 2.86. The Balaban J connectivity index is 2.02. The van der Waals surface area contributed by atoms with Gasteiger partial charge in [-0.1, -0.05) is 12.1 Å². The lowest BCUT2D eigenvalue weighted by Crippen LogP contribution is -2.33. The second-order valence-corrected chi connectivity index (χ2v) is 8.50. The van der Waals surface area contributed by atoms with Gasteiger partial charge in [0, 0.05) is 16.1 Å². The third-order valence-electron chi connectivity index (χ3n) is 4.94. The average molecular weight is 509 g/mol. The summed E-state index contributed by atoms with van der Waals surface area (Å²) in [5.74, 6) is -4.54. The van der Waals surface area contributed by atoms with E-state index >= 15 is 0 Å². The number of hydrogen-bond donors (Lipinski definition) is 4. The molecule has 0 aliphatic heterocycles. The van der Waals surface area contributed by atoms with E-state index in [-0.39, 0.29) is 32.8 Å². The topological polar surface area (TPSA) is 173 Å². The fourth-order valence-corrected chi connectivity index (χ4v) is 4.30. The molecule has 0 bridgehead atoms. The number of amides is 2. The van der Waals surface area contributed by atoms with E-state index in [1.54, 1.807) is 24.3 Å². The minimum atomic E-state index is -1.44. The van der Waals surface area contributed by atoms with E-state index < -0.39 is 34.8 Å². The number of benzene rings is 3. The molecule has 0 radical (unpaired) electrons. The van der Waals surface area contributed by atoms with Gasteiger partial charge in [-0.25, -0.2) is 9.59 Å². The van der Waals surface area contributed by atoms with Crippen molar-refractivity contribution in [2.45, 2.75) is 10.1 Å². The van der Waals surface area contributed by atoms with Gasteiger partial charge in [0.25, 0.3) is 0 Å². The number of carboxylic acids is 2. The molecular formula is C25H20N2O8S. The molecule has 0 saturated heterocycles. The van der Waals surface area contributed by atoms with Crippen molar-refractivity contribution in [2.75, 3.05) is 12.4 Å². The van der Waals surface area contributed by atoms with Crippen molar-refractivity contribution in [3.63, 3.8) is 0 Å². The molecule has 2 amide bonds.